The summed E-state index contributed by atoms with van der Waals surface area (Å²) in [6.45, 7) is 2.39. The number of carbonyl (C=O) groups excluding carboxylic acids is 2. The van der Waals surface area contributed by atoms with Gasteiger partial charge in [-0.05, 0) is 43.0 Å². The van der Waals surface area contributed by atoms with E-state index >= 15 is 0 Å². The zero-order chi connectivity index (χ0) is 19.1. The fraction of sp³-hybridized carbons (Fsp3) is 0.263. The molecule has 0 atom stereocenters. The molecule has 4 nitrogen and oxygen atoms in total. The van der Waals surface area contributed by atoms with Crippen molar-refractivity contribution in [1.82, 2.24) is 4.90 Å². The number of amides is 2. The Morgan fingerprint density at radius 2 is 1.88 bits per heavy atom. The highest BCUT2D eigenvalue weighted by molar-refractivity contribution is 7.98. The van der Waals surface area contributed by atoms with E-state index in [1.54, 1.807) is 29.2 Å². The maximum absolute atomic E-state index is 12.9. The van der Waals surface area contributed by atoms with E-state index in [1.165, 1.54) is 11.8 Å². The van der Waals surface area contributed by atoms with Gasteiger partial charge in [0.2, 0.25) is 5.91 Å². The topological polar surface area (TPSA) is 49.4 Å². The van der Waals surface area contributed by atoms with Crippen LogP contribution in [-0.2, 0) is 4.79 Å². The summed E-state index contributed by atoms with van der Waals surface area (Å²) in [5.41, 5.74) is 1.03. The van der Waals surface area contributed by atoms with Gasteiger partial charge in [0, 0.05) is 16.5 Å². The van der Waals surface area contributed by atoms with E-state index in [4.69, 9.17) is 23.2 Å². The third-order valence-electron chi connectivity index (χ3n) is 3.66. The second kappa shape index (κ2) is 9.86. The first-order valence-electron chi connectivity index (χ1n) is 8.13. The molecule has 0 saturated heterocycles. The summed E-state index contributed by atoms with van der Waals surface area (Å²) >= 11 is 13.5. The molecule has 1 N–H and O–H groups in total. The number of rotatable bonds is 7. The van der Waals surface area contributed by atoms with Gasteiger partial charge in [-0.2, -0.15) is 0 Å². The van der Waals surface area contributed by atoms with Crippen LogP contribution in [0.3, 0.4) is 0 Å². The van der Waals surface area contributed by atoms with Crippen LogP contribution in [0.4, 0.5) is 5.69 Å². The van der Waals surface area contributed by atoms with Crippen LogP contribution in [0.15, 0.2) is 47.4 Å². The zero-order valence-electron chi connectivity index (χ0n) is 14.6. The molecule has 0 saturated carbocycles. The van der Waals surface area contributed by atoms with Gasteiger partial charge in [0.05, 0.1) is 16.3 Å². The number of nitrogens with zero attached hydrogens (tertiary/aromatic N) is 1. The maximum Gasteiger partial charge on any atom is 0.255 e. The molecule has 0 bridgehead atoms. The minimum atomic E-state index is -0.322. The summed E-state index contributed by atoms with van der Waals surface area (Å²) in [5, 5.41) is 3.59. The summed E-state index contributed by atoms with van der Waals surface area (Å²) in [6, 6.07) is 12.2. The molecule has 0 aliphatic rings. The van der Waals surface area contributed by atoms with Crippen molar-refractivity contribution in [2.24, 2.45) is 0 Å². The molecule has 0 spiro atoms. The predicted molar refractivity (Wildman–Crippen MR) is 110 cm³/mol. The smallest absolute Gasteiger partial charge is 0.255 e. The fourth-order valence-corrected chi connectivity index (χ4v) is 3.40. The van der Waals surface area contributed by atoms with Crippen LogP contribution in [0.2, 0.25) is 10.0 Å². The van der Waals surface area contributed by atoms with Crippen LogP contribution in [0.25, 0.3) is 0 Å². The number of halogens is 2. The molecule has 2 rings (SSSR count). The Balaban J connectivity index is 2.15. The van der Waals surface area contributed by atoms with Crippen LogP contribution >= 0.6 is 35.0 Å². The number of hydrogen-bond donors (Lipinski definition) is 1. The largest absolute Gasteiger partial charge is 0.329 e. The minimum absolute atomic E-state index is 0.0573. The van der Waals surface area contributed by atoms with E-state index in [1.807, 2.05) is 31.4 Å². The van der Waals surface area contributed by atoms with Crippen molar-refractivity contribution in [1.29, 1.82) is 0 Å². The Kier molecular flexibility index (Phi) is 7.82. The highest BCUT2D eigenvalue weighted by Gasteiger charge is 2.20. The number of carbonyl (C=O) groups is 2. The molecule has 2 aromatic rings. The van der Waals surface area contributed by atoms with Crippen molar-refractivity contribution < 1.29 is 9.59 Å². The van der Waals surface area contributed by atoms with Crippen molar-refractivity contribution in [3.8, 4) is 0 Å². The van der Waals surface area contributed by atoms with E-state index in [2.05, 4.69) is 5.32 Å². The van der Waals surface area contributed by atoms with E-state index < -0.39 is 0 Å². The number of benzene rings is 2. The normalized spacial score (nSPS) is 10.5. The lowest BCUT2D eigenvalue weighted by molar-refractivity contribution is -0.116. The van der Waals surface area contributed by atoms with E-state index in [-0.39, 0.29) is 18.4 Å². The van der Waals surface area contributed by atoms with Crippen molar-refractivity contribution in [3.63, 3.8) is 0 Å². The molecular weight excluding hydrogens is 391 g/mol. The van der Waals surface area contributed by atoms with E-state index in [0.717, 1.165) is 11.3 Å². The van der Waals surface area contributed by atoms with Gasteiger partial charge in [0.1, 0.15) is 6.54 Å². The third kappa shape index (κ3) is 5.40. The Labute approximate surface area is 167 Å². The van der Waals surface area contributed by atoms with Crippen LogP contribution in [0.1, 0.15) is 23.7 Å². The summed E-state index contributed by atoms with van der Waals surface area (Å²) in [4.78, 5) is 27.8. The molecule has 0 unspecified atom stereocenters. The molecule has 0 aromatic heterocycles. The summed E-state index contributed by atoms with van der Waals surface area (Å²) in [7, 11) is 0. The number of thioether (sulfide) groups is 1. The van der Waals surface area contributed by atoms with Crippen molar-refractivity contribution in [2.45, 2.75) is 18.2 Å². The first-order chi connectivity index (χ1) is 12.5. The van der Waals surface area contributed by atoms with Crippen LogP contribution in [0.5, 0.6) is 0 Å². The third-order valence-corrected chi connectivity index (χ3v) is 5.02. The Morgan fingerprint density at radius 3 is 2.58 bits per heavy atom. The molecule has 2 amide bonds. The van der Waals surface area contributed by atoms with Crippen molar-refractivity contribution in [3.05, 3.63) is 58.1 Å². The lowest BCUT2D eigenvalue weighted by Gasteiger charge is -2.23. The second-order valence-electron chi connectivity index (χ2n) is 5.60. The molecule has 0 heterocycles. The summed E-state index contributed by atoms with van der Waals surface area (Å²) in [6.07, 6.45) is 2.67. The quantitative estimate of drug-likeness (QED) is 0.637. The van der Waals surface area contributed by atoms with Crippen molar-refractivity contribution in [2.75, 3.05) is 24.7 Å². The second-order valence-corrected chi connectivity index (χ2v) is 7.29. The SMILES string of the molecule is CCCN(CC(=O)Nc1cc(Cl)ccc1Cl)C(=O)c1ccccc1SC. The summed E-state index contributed by atoms with van der Waals surface area (Å²) < 4.78 is 0. The van der Waals surface area contributed by atoms with Crippen LogP contribution < -0.4 is 5.32 Å². The number of anilines is 1. The molecule has 138 valence electrons. The van der Waals surface area contributed by atoms with E-state index in [0.29, 0.717) is 27.8 Å². The lowest BCUT2D eigenvalue weighted by atomic mass is 10.2. The Morgan fingerprint density at radius 1 is 1.15 bits per heavy atom. The zero-order valence-corrected chi connectivity index (χ0v) is 16.9. The maximum atomic E-state index is 12.9. The summed E-state index contributed by atoms with van der Waals surface area (Å²) in [5.74, 6) is -0.484. The Bertz CT molecular complexity index is 799. The molecule has 0 aliphatic heterocycles. The standard InChI is InChI=1S/C19H20Cl2N2O2S/c1-3-10-23(19(25)14-6-4-5-7-17(14)26-2)12-18(24)22-16-11-13(20)8-9-15(16)21/h4-9,11H,3,10,12H2,1-2H3,(H,22,24). The lowest BCUT2D eigenvalue weighted by Crippen LogP contribution is -2.38. The molecule has 0 radical (unpaired) electrons. The van der Waals surface area contributed by atoms with E-state index in [9.17, 15) is 9.59 Å². The first kappa shape index (κ1) is 20.6. The molecule has 0 fully saturated rings. The fourth-order valence-electron chi connectivity index (χ4n) is 2.47. The molecule has 7 heteroatoms. The monoisotopic (exact) mass is 410 g/mol. The highest BCUT2D eigenvalue weighted by atomic mass is 35.5. The van der Waals surface area contributed by atoms with Gasteiger partial charge in [0.25, 0.3) is 5.91 Å². The van der Waals surface area contributed by atoms with Gasteiger partial charge >= 0.3 is 0 Å². The average Bonchev–Trinajstić information content (AvgIpc) is 2.63. The van der Waals surface area contributed by atoms with Crippen molar-refractivity contribution >= 4 is 52.5 Å². The van der Waals surface area contributed by atoms with Gasteiger partial charge in [0.15, 0.2) is 0 Å². The van der Waals surface area contributed by atoms with Gasteiger partial charge in [-0.25, -0.2) is 0 Å². The van der Waals surface area contributed by atoms with Crippen LogP contribution in [-0.4, -0.2) is 36.1 Å². The van der Waals surface area contributed by atoms with Gasteiger partial charge in [-0.3, -0.25) is 9.59 Å². The molecule has 26 heavy (non-hydrogen) atoms. The van der Waals surface area contributed by atoms with Gasteiger partial charge in [-0.15, -0.1) is 11.8 Å². The van der Waals surface area contributed by atoms with Crippen LogP contribution in [0, 0.1) is 0 Å². The molecule has 0 aliphatic carbocycles. The predicted octanol–water partition coefficient (Wildman–Crippen LogP) is 5.21. The Hall–Kier alpha value is -1.69. The minimum Gasteiger partial charge on any atom is -0.329 e. The van der Waals surface area contributed by atoms with Gasteiger partial charge < -0.3 is 10.2 Å². The van der Waals surface area contributed by atoms with Gasteiger partial charge in [-0.1, -0.05) is 42.3 Å². The highest BCUT2D eigenvalue weighted by Crippen LogP contribution is 2.25. The average molecular weight is 411 g/mol. The number of nitrogens with one attached hydrogen (secondary N) is 1. The number of hydrogen-bond acceptors (Lipinski definition) is 3. The first-order valence-corrected chi connectivity index (χ1v) is 10.1. The molecular formula is C19H20Cl2N2O2S. The molecule has 2 aromatic carbocycles.